The Labute approximate surface area is 105 Å². The van der Waals surface area contributed by atoms with Crippen LogP contribution < -0.4 is 11.1 Å². The number of nitrogens with zero attached hydrogens (tertiary/aromatic N) is 2. The van der Waals surface area contributed by atoms with Crippen molar-refractivity contribution in [3.63, 3.8) is 0 Å². The summed E-state index contributed by atoms with van der Waals surface area (Å²) in [6.45, 7) is 1.85. The Hall–Kier alpha value is -1.14. The second-order valence-electron chi connectivity index (χ2n) is 4.45. The molecule has 92 valence electrons. The third kappa shape index (κ3) is 3.41. The highest BCUT2D eigenvalue weighted by atomic mass is 32.2. The van der Waals surface area contributed by atoms with Crippen molar-refractivity contribution in [1.82, 2.24) is 15.3 Å². The summed E-state index contributed by atoms with van der Waals surface area (Å²) in [5.74, 6) is 0.265. The molecule has 1 saturated carbocycles. The molecule has 1 aromatic rings. The van der Waals surface area contributed by atoms with E-state index in [1.807, 2.05) is 13.0 Å². The summed E-state index contributed by atoms with van der Waals surface area (Å²) in [5, 5.41) is 4.15. The lowest BCUT2D eigenvalue weighted by molar-refractivity contribution is -0.123. The molecule has 3 N–H and O–H groups in total. The maximum absolute atomic E-state index is 11.5. The van der Waals surface area contributed by atoms with Crippen LogP contribution in [0, 0.1) is 0 Å². The van der Waals surface area contributed by atoms with Crippen LogP contribution in [0.2, 0.25) is 0 Å². The van der Waals surface area contributed by atoms with E-state index in [1.54, 1.807) is 6.20 Å². The smallest absolute Gasteiger partial charge is 0.238 e. The number of thioether (sulfide) groups is 1. The number of nitrogens with one attached hydrogen (secondary N) is 1. The molecule has 17 heavy (non-hydrogen) atoms. The van der Waals surface area contributed by atoms with Crippen molar-refractivity contribution in [2.45, 2.75) is 36.4 Å². The summed E-state index contributed by atoms with van der Waals surface area (Å²) in [6, 6.07) is 2.27. The van der Waals surface area contributed by atoms with Crippen LogP contribution in [0.5, 0.6) is 0 Å². The molecule has 1 heterocycles. The normalized spacial score (nSPS) is 18.6. The van der Waals surface area contributed by atoms with Gasteiger partial charge in [-0.3, -0.25) is 4.79 Å². The molecule has 1 aliphatic rings. The second-order valence-corrected chi connectivity index (χ2v) is 5.45. The topological polar surface area (TPSA) is 80.9 Å². The van der Waals surface area contributed by atoms with Crippen LogP contribution in [0.1, 0.15) is 19.8 Å². The van der Waals surface area contributed by atoms with Gasteiger partial charge < -0.3 is 11.1 Å². The second kappa shape index (κ2) is 5.01. The molecule has 5 nitrogen and oxygen atoms in total. The molecule has 1 unspecified atom stereocenters. The Bertz CT molecular complexity index is 396. The van der Waals surface area contributed by atoms with Crippen LogP contribution >= 0.6 is 11.8 Å². The first-order valence-corrected chi connectivity index (χ1v) is 6.55. The summed E-state index contributed by atoms with van der Waals surface area (Å²) >= 11 is 1.51. The number of amides is 1. The summed E-state index contributed by atoms with van der Waals surface area (Å²) in [5.41, 5.74) is 4.79. The molecule has 2 rings (SSSR count). The van der Waals surface area contributed by atoms with E-state index in [9.17, 15) is 4.79 Å². The first-order valence-electron chi connectivity index (χ1n) is 5.56. The third-order valence-electron chi connectivity index (χ3n) is 2.71. The summed E-state index contributed by atoms with van der Waals surface area (Å²) in [6.07, 6.45) is 5.44. The minimum Gasteiger partial charge on any atom is -0.368 e. The highest BCUT2D eigenvalue weighted by molar-refractivity contribution is 7.99. The predicted molar refractivity (Wildman–Crippen MR) is 66.5 cm³/mol. The molecule has 1 aliphatic carbocycles. The van der Waals surface area contributed by atoms with Gasteiger partial charge in [0.2, 0.25) is 5.91 Å². The molecule has 1 aromatic heterocycles. The Morgan fingerprint density at radius 3 is 3.00 bits per heavy atom. The van der Waals surface area contributed by atoms with Crippen LogP contribution in [0.25, 0.3) is 0 Å². The largest absolute Gasteiger partial charge is 0.368 e. The lowest BCUT2D eigenvalue weighted by atomic mass is 10.1. The maximum atomic E-state index is 11.5. The van der Waals surface area contributed by atoms with E-state index in [0.29, 0.717) is 11.8 Å². The molecule has 0 spiro atoms. The zero-order chi connectivity index (χ0) is 12.3. The van der Waals surface area contributed by atoms with E-state index < -0.39 is 5.54 Å². The van der Waals surface area contributed by atoms with Crippen LogP contribution in [-0.4, -0.2) is 33.2 Å². The molecule has 0 aliphatic heterocycles. The minimum atomic E-state index is -0.670. The van der Waals surface area contributed by atoms with E-state index in [0.717, 1.165) is 17.9 Å². The number of hydrogen-bond donors (Lipinski definition) is 2. The lowest BCUT2D eigenvalue weighted by Gasteiger charge is -2.26. The van der Waals surface area contributed by atoms with Crippen molar-refractivity contribution in [1.29, 1.82) is 0 Å². The molecule has 0 aromatic carbocycles. The van der Waals surface area contributed by atoms with Crippen molar-refractivity contribution in [2.75, 3.05) is 5.75 Å². The van der Waals surface area contributed by atoms with Gasteiger partial charge in [0.25, 0.3) is 0 Å². The Balaban J connectivity index is 1.95. The van der Waals surface area contributed by atoms with Gasteiger partial charge in [0.15, 0.2) is 0 Å². The molecule has 0 radical (unpaired) electrons. The number of aromatic nitrogens is 2. The van der Waals surface area contributed by atoms with E-state index in [-0.39, 0.29) is 5.91 Å². The summed E-state index contributed by atoms with van der Waals surface area (Å²) < 4.78 is 0. The van der Waals surface area contributed by atoms with Crippen LogP contribution in [0.4, 0.5) is 0 Å². The fourth-order valence-electron chi connectivity index (χ4n) is 1.44. The van der Waals surface area contributed by atoms with Crippen molar-refractivity contribution < 1.29 is 4.79 Å². The van der Waals surface area contributed by atoms with Gasteiger partial charge in [0, 0.05) is 18.0 Å². The summed E-state index contributed by atoms with van der Waals surface area (Å²) in [7, 11) is 0. The molecule has 1 amide bonds. The predicted octanol–water partition coefficient (Wildman–Crippen LogP) is 0.565. The Morgan fingerprint density at radius 2 is 2.47 bits per heavy atom. The van der Waals surface area contributed by atoms with Crippen molar-refractivity contribution in [3.05, 3.63) is 18.6 Å². The van der Waals surface area contributed by atoms with Crippen molar-refractivity contribution >= 4 is 17.7 Å². The highest BCUT2D eigenvalue weighted by Gasteiger charge is 2.37. The van der Waals surface area contributed by atoms with Crippen molar-refractivity contribution in [3.8, 4) is 0 Å². The molecule has 6 heteroatoms. The first-order chi connectivity index (χ1) is 8.10. The van der Waals surface area contributed by atoms with E-state index in [2.05, 4.69) is 15.3 Å². The Morgan fingerprint density at radius 1 is 1.71 bits per heavy atom. The average Bonchev–Trinajstić information content (AvgIpc) is 3.11. The minimum absolute atomic E-state index is 0.314. The van der Waals surface area contributed by atoms with Gasteiger partial charge in [0.1, 0.15) is 11.9 Å². The lowest BCUT2D eigenvalue weighted by Crippen LogP contribution is -2.55. The van der Waals surface area contributed by atoms with E-state index in [1.165, 1.54) is 18.1 Å². The average molecular weight is 252 g/mol. The third-order valence-corrected chi connectivity index (χ3v) is 3.97. The fourth-order valence-corrected chi connectivity index (χ4v) is 2.39. The van der Waals surface area contributed by atoms with Gasteiger partial charge in [-0.2, -0.15) is 0 Å². The first kappa shape index (κ1) is 12.3. The summed E-state index contributed by atoms with van der Waals surface area (Å²) in [4.78, 5) is 19.5. The van der Waals surface area contributed by atoms with Crippen LogP contribution in [0.3, 0.4) is 0 Å². The number of carbonyl (C=O) groups excluding carboxylic acids is 1. The molecule has 1 atom stereocenters. The number of hydrogen-bond acceptors (Lipinski definition) is 5. The fraction of sp³-hybridized carbons (Fsp3) is 0.545. The highest BCUT2D eigenvalue weighted by Crippen LogP contribution is 2.26. The van der Waals surface area contributed by atoms with Gasteiger partial charge in [-0.15, -0.1) is 11.8 Å². The van der Waals surface area contributed by atoms with Gasteiger partial charge in [-0.25, -0.2) is 9.97 Å². The van der Waals surface area contributed by atoms with E-state index >= 15 is 0 Å². The number of carbonyl (C=O) groups is 1. The molecule has 0 saturated heterocycles. The Kier molecular flexibility index (Phi) is 3.63. The van der Waals surface area contributed by atoms with E-state index in [4.69, 9.17) is 5.73 Å². The zero-order valence-corrected chi connectivity index (χ0v) is 10.5. The maximum Gasteiger partial charge on any atom is 0.238 e. The van der Waals surface area contributed by atoms with Gasteiger partial charge in [-0.05, 0) is 25.8 Å². The van der Waals surface area contributed by atoms with Crippen LogP contribution in [-0.2, 0) is 4.79 Å². The molecular formula is C11H16N4OS. The SMILES string of the molecule is CC(CSc1ccncn1)(NC1CC1)C(N)=O. The number of rotatable bonds is 6. The molecule has 0 bridgehead atoms. The number of primary amides is 1. The zero-order valence-electron chi connectivity index (χ0n) is 9.72. The number of nitrogens with two attached hydrogens (primary N) is 1. The van der Waals surface area contributed by atoms with Gasteiger partial charge in [0.05, 0.1) is 5.03 Å². The monoisotopic (exact) mass is 252 g/mol. The standard InChI is InChI=1S/C11H16N4OS/c1-11(10(12)16,15-8-2-3-8)6-17-9-4-5-13-7-14-9/h4-5,7-8,15H,2-3,6H2,1H3,(H2,12,16). The van der Waals surface area contributed by atoms with Gasteiger partial charge >= 0.3 is 0 Å². The van der Waals surface area contributed by atoms with Crippen LogP contribution in [0.15, 0.2) is 23.6 Å². The quantitative estimate of drug-likeness (QED) is 0.571. The molecule has 1 fully saturated rings. The van der Waals surface area contributed by atoms with Gasteiger partial charge in [-0.1, -0.05) is 0 Å². The molecular weight excluding hydrogens is 236 g/mol. The van der Waals surface area contributed by atoms with Crippen molar-refractivity contribution in [2.24, 2.45) is 5.73 Å².